The zero-order chi connectivity index (χ0) is 7.72. The first-order valence-corrected chi connectivity index (χ1v) is 3.01. The Morgan fingerprint density at radius 1 is 1.50 bits per heavy atom. The van der Waals surface area contributed by atoms with E-state index in [-0.39, 0.29) is 0 Å². The van der Waals surface area contributed by atoms with Crippen molar-refractivity contribution in [3.8, 4) is 0 Å². The fraction of sp³-hybridized carbons (Fsp3) is 0.200. The Bertz CT molecular complexity index is 351. The van der Waals surface area contributed by atoms with Crippen molar-refractivity contribution in [1.29, 1.82) is 0 Å². The van der Waals surface area contributed by atoms with Crippen molar-refractivity contribution >= 4 is 12.8 Å². The van der Waals surface area contributed by atoms with Crippen molar-refractivity contribution < 1.29 is 0 Å². The highest BCUT2D eigenvalue weighted by Crippen LogP contribution is 1.72. The highest BCUT2D eigenvalue weighted by Gasteiger charge is 1.95. The summed E-state index contributed by atoms with van der Waals surface area (Å²) in [5.41, 5.74) is -0.845. The van der Waals surface area contributed by atoms with Crippen LogP contribution in [-0.4, -0.2) is 8.54 Å². The number of hydrogen-bond acceptors (Lipinski definition) is 3. The van der Waals surface area contributed by atoms with Crippen molar-refractivity contribution in [2.24, 2.45) is 7.05 Å². The Morgan fingerprint density at radius 3 is 2.60 bits per heavy atom. The van der Waals surface area contributed by atoms with Crippen molar-refractivity contribution in [3.63, 3.8) is 0 Å². The monoisotopic (exact) mass is 158 g/mol. The third kappa shape index (κ3) is 0.995. The highest BCUT2D eigenvalue weighted by molar-refractivity contribution is 7.78. The van der Waals surface area contributed by atoms with Crippen molar-refractivity contribution in [1.82, 2.24) is 8.54 Å². The minimum absolute atomic E-state index is 0.411. The highest BCUT2D eigenvalue weighted by atomic mass is 32.1. The van der Waals surface area contributed by atoms with E-state index in [1.165, 1.54) is 16.8 Å². The molecule has 0 fully saturated rings. The van der Waals surface area contributed by atoms with Crippen LogP contribution >= 0.6 is 12.8 Å². The minimum atomic E-state index is -0.434. The van der Waals surface area contributed by atoms with E-state index in [0.717, 1.165) is 3.97 Å². The first-order chi connectivity index (χ1) is 4.63. The van der Waals surface area contributed by atoms with E-state index >= 15 is 0 Å². The lowest BCUT2D eigenvalue weighted by molar-refractivity contribution is 0.781. The molecular weight excluding hydrogens is 152 g/mol. The summed E-state index contributed by atoms with van der Waals surface area (Å²) in [5.74, 6) is 0. The summed E-state index contributed by atoms with van der Waals surface area (Å²) in [6.45, 7) is 0. The maximum atomic E-state index is 10.8. The van der Waals surface area contributed by atoms with Gasteiger partial charge in [0.05, 0.1) is 0 Å². The van der Waals surface area contributed by atoms with Crippen LogP contribution in [0.5, 0.6) is 0 Å². The molecule has 0 bridgehead atoms. The van der Waals surface area contributed by atoms with Crippen LogP contribution in [0.25, 0.3) is 0 Å². The molecule has 0 aromatic carbocycles. The number of rotatable bonds is 0. The Morgan fingerprint density at radius 2 is 2.10 bits per heavy atom. The molecule has 4 nitrogen and oxygen atoms in total. The summed E-state index contributed by atoms with van der Waals surface area (Å²) in [7, 11) is 1.55. The fourth-order valence-electron chi connectivity index (χ4n) is 0.554. The van der Waals surface area contributed by atoms with Gasteiger partial charge >= 0.3 is 5.69 Å². The third-order valence-electron chi connectivity index (χ3n) is 1.13. The van der Waals surface area contributed by atoms with E-state index in [1.54, 1.807) is 7.05 Å². The Labute approximate surface area is 62.3 Å². The van der Waals surface area contributed by atoms with Gasteiger partial charge in [-0.2, -0.15) is 0 Å². The standard InChI is InChI=1S/C5H6N2O2S/c1-6-3-2-4(8)7(10)5(6)9/h2-3,10H,1H3. The van der Waals surface area contributed by atoms with Crippen LogP contribution in [0.4, 0.5) is 0 Å². The van der Waals surface area contributed by atoms with Crippen LogP contribution < -0.4 is 11.2 Å². The van der Waals surface area contributed by atoms with E-state index in [4.69, 9.17) is 0 Å². The van der Waals surface area contributed by atoms with Crippen LogP contribution in [-0.2, 0) is 7.05 Å². The topological polar surface area (TPSA) is 44.0 Å². The molecule has 0 amide bonds. The summed E-state index contributed by atoms with van der Waals surface area (Å²) < 4.78 is 2.02. The molecule has 0 unspecified atom stereocenters. The summed E-state index contributed by atoms with van der Waals surface area (Å²) in [5, 5.41) is 0. The van der Waals surface area contributed by atoms with E-state index in [2.05, 4.69) is 12.8 Å². The van der Waals surface area contributed by atoms with Crippen LogP contribution in [0.15, 0.2) is 21.9 Å². The van der Waals surface area contributed by atoms with Gasteiger partial charge in [0.25, 0.3) is 5.56 Å². The van der Waals surface area contributed by atoms with Gasteiger partial charge in [0.15, 0.2) is 0 Å². The molecule has 10 heavy (non-hydrogen) atoms. The summed E-state index contributed by atoms with van der Waals surface area (Å²) >= 11 is 3.65. The molecule has 0 aliphatic rings. The van der Waals surface area contributed by atoms with Crippen LogP contribution in [0.1, 0.15) is 0 Å². The molecule has 5 heteroatoms. The van der Waals surface area contributed by atoms with Gasteiger partial charge in [0.1, 0.15) is 0 Å². The second-order valence-electron chi connectivity index (χ2n) is 1.86. The lowest BCUT2D eigenvalue weighted by Gasteiger charge is -1.96. The molecule has 0 saturated carbocycles. The molecule has 1 aromatic heterocycles. The smallest absolute Gasteiger partial charge is 0.303 e. The predicted octanol–water partition coefficient (Wildman–Crippen LogP) is -0.760. The van der Waals surface area contributed by atoms with E-state index in [9.17, 15) is 9.59 Å². The molecular formula is C5H6N2O2S. The van der Waals surface area contributed by atoms with Crippen LogP contribution in [0, 0.1) is 0 Å². The third-order valence-corrected chi connectivity index (χ3v) is 1.50. The van der Waals surface area contributed by atoms with Gasteiger partial charge in [-0.05, 0) is 0 Å². The van der Waals surface area contributed by atoms with Crippen LogP contribution in [0.3, 0.4) is 0 Å². The number of aromatic nitrogens is 2. The van der Waals surface area contributed by atoms with Crippen molar-refractivity contribution in [3.05, 3.63) is 33.1 Å². The Balaban J connectivity index is 3.66. The number of hydrogen-bond donors (Lipinski definition) is 1. The normalized spacial score (nSPS) is 9.80. The summed E-state index contributed by atoms with van der Waals surface area (Å²) in [6, 6.07) is 1.27. The van der Waals surface area contributed by atoms with E-state index < -0.39 is 11.2 Å². The Hall–Kier alpha value is -0.970. The number of nitrogens with zero attached hydrogens (tertiary/aromatic N) is 2. The molecule has 0 aliphatic heterocycles. The minimum Gasteiger partial charge on any atom is -0.303 e. The van der Waals surface area contributed by atoms with Gasteiger partial charge in [-0.15, -0.1) is 0 Å². The largest absolute Gasteiger partial charge is 0.340 e. The summed E-state index contributed by atoms with van der Waals surface area (Å²) in [6.07, 6.45) is 1.40. The van der Waals surface area contributed by atoms with Crippen molar-refractivity contribution in [2.75, 3.05) is 0 Å². The van der Waals surface area contributed by atoms with Gasteiger partial charge in [-0.1, -0.05) is 12.8 Å². The van der Waals surface area contributed by atoms with Gasteiger partial charge < -0.3 is 4.57 Å². The molecule has 54 valence electrons. The number of thiol groups is 1. The lowest BCUT2D eigenvalue weighted by atomic mass is 10.6. The van der Waals surface area contributed by atoms with E-state index in [1.807, 2.05) is 0 Å². The van der Waals surface area contributed by atoms with Crippen LogP contribution in [0.2, 0.25) is 0 Å². The van der Waals surface area contributed by atoms with Gasteiger partial charge in [0.2, 0.25) is 0 Å². The molecule has 1 heterocycles. The predicted molar refractivity (Wildman–Crippen MR) is 40.3 cm³/mol. The van der Waals surface area contributed by atoms with Gasteiger partial charge in [-0.3, -0.25) is 4.79 Å². The Kier molecular flexibility index (Phi) is 1.67. The first kappa shape index (κ1) is 7.14. The molecule has 0 radical (unpaired) electrons. The maximum Gasteiger partial charge on any atom is 0.340 e. The maximum absolute atomic E-state index is 10.8. The first-order valence-electron chi connectivity index (χ1n) is 2.61. The van der Waals surface area contributed by atoms with Gasteiger partial charge in [0, 0.05) is 19.3 Å². The molecule has 1 rings (SSSR count). The van der Waals surface area contributed by atoms with Gasteiger partial charge in [-0.25, -0.2) is 8.77 Å². The quantitative estimate of drug-likeness (QED) is 0.504. The second kappa shape index (κ2) is 2.34. The SMILES string of the molecule is Cn1ccc(=O)n(S)c1=O. The molecule has 1 aromatic rings. The molecule has 0 saturated heterocycles. The molecule has 0 spiro atoms. The second-order valence-corrected chi connectivity index (χ2v) is 2.26. The average molecular weight is 158 g/mol. The zero-order valence-corrected chi connectivity index (χ0v) is 6.21. The molecule has 0 aliphatic carbocycles. The zero-order valence-electron chi connectivity index (χ0n) is 5.31. The number of aryl methyl sites for hydroxylation is 1. The van der Waals surface area contributed by atoms with E-state index in [0.29, 0.717) is 0 Å². The fourth-order valence-corrected chi connectivity index (χ4v) is 0.761. The average Bonchev–Trinajstić information content (AvgIpc) is 1.93. The molecule has 0 atom stereocenters. The van der Waals surface area contributed by atoms with Crippen molar-refractivity contribution in [2.45, 2.75) is 0 Å². The summed E-state index contributed by atoms with van der Waals surface area (Å²) in [4.78, 5) is 21.5. The molecule has 0 N–H and O–H groups in total. The lowest BCUT2D eigenvalue weighted by Crippen LogP contribution is -2.32.